The molecule has 11 nitrogen and oxygen atoms in total. The van der Waals surface area contributed by atoms with Gasteiger partial charge in [0.05, 0.1) is 18.6 Å². The minimum absolute atomic E-state index is 0.0699. The van der Waals surface area contributed by atoms with Crippen LogP contribution in [0.1, 0.15) is 17.3 Å². The molecule has 204 valence electrons. The maximum Gasteiger partial charge on any atom is 0.409 e. The van der Waals surface area contributed by atoms with Crippen LogP contribution in [0.5, 0.6) is 5.75 Å². The third-order valence-corrected chi connectivity index (χ3v) is 8.89. The molecule has 2 aromatic carbocycles. The second kappa shape index (κ2) is 11.0. The summed E-state index contributed by atoms with van der Waals surface area (Å²) in [6.07, 6.45) is -0.449. The number of para-hydroxylation sites is 1. The van der Waals surface area contributed by atoms with Gasteiger partial charge in [0.15, 0.2) is 22.2 Å². The molecule has 0 spiro atoms. The van der Waals surface area contributed by atoms with Crippen LogP contribution in [0.3, 0.4) is 0 Å². The summed E-state index contributed by atoms with van der Waals surface area (Å²) < 4.78 is 43.7. The molecular formula is C26H26N4O7S2. The van der Waals surface area contributed by atoms with Gasteiger partial charge in [-0.1, -0.05) is 12.1 Å². The van der Waals surface area contributed by atoms with Gasteiger partial charge in [-0.25, -0.2) is 18.2 Å². The van der Waals surface area contributed by atoms with E-state index in [-0.39, 0.29) is 43.2 Å². The monoisotopic (exact) mass is 570 g/mol. The molecule has 39 heavy (non-hydrogen) atoms. The highest BCUT2D eigenvalue weighted by Gasteiger charge is 2.30. The summed E-state index contributed by atoms with van der Waals surface area (Å²) in [5.74, 6) is 0.741. The van der Waals surface area contributed by atoms with Crippen LogP contribution in [0.25, 0.3) is 22.4 Å². The third-order valence-electron chi connectivity index (χ3n) is 6.22. The molecule has 2 amide bonds. The molecule has 1 saturated heterocycles. The van der Waals surface area contributed by atoms with Crippen LogP contribution in [0.4, 0.5) is 9.93 Å². The Morgan fingerprint density at radius 2 is 1.85 bits per heavy atom. The number of nitrogens with zero attached hydrogens (tertiary/aromatic N) is 3. The van der Waals surface area contributed by atoms with Crippen molar-refractivity contribution in [2.45, 2.75) is 11.8 Å². The number of amides is 2. The molecule has 0 bridgehead atoms. The van der Waals surface area contributed by atoms with E-state index in [2.05, 4.69) is 10.3 Å². The number of hydrogen-bond acceptors (Lipinski definition) is 9. The number of methoxy groups -OCH3 is 1. The number of sulfonamides is 1. The first-order valence-electron chi connectivity index (χ1n) is 12.2. The average Bonchev–Trinajstić information content (AvgIpc) is 3.60. The standard InChI is InChI=1S/C26H26N4O7S2/c1-3-36-26(32)29-11-13-30(14-12-29)39(33,34)19-9-7-17(8-10-19)24(31)28-25-27-20(16-38-25)22-15-18-5-4-6-21(35-2)23(18)37-22/h4-10,15-16H,3,11-14H2,1-2H3,(H,27,28,31). The number of thiazole rings is 1. The Balaban J connectivity index is 1.23. The van der Waals surface area contributed by atoms with Crippen LogP contribution >= 0.6 is 11.3 Å². The number of piperazine rings is 1. The number of carbonyl (C=O) groups excluding carboxylic acids is 2. The smallest absolute Gasteiger partial charge is 0.409 e. The number of carbonyl (C=O) groups is 2. The molecule has 1 aliphatic rings. The first-order valence-corrected chi connectivity index (χ1v) is 14.5. The van der Waals surface area contributed by atoms with Crippen LogP contribution in [0.15, 0.2) is 63.2 Å². The van der Waals surface area contributed by atoms with E-state index in [9.17, 15) is 18.0 Å². The van der Waals surface area contributed by atoms with E-state index >= 15 is 0 Å². The Hall–Kier alpha value is -3.94. The van der Waals surface area contributed by atoms with Gasteiger partial charge in [-0.05, 0) is 43.3 Å². The summed E-state index contributed by atoms with van der Waals surface area (Å²) in [6, 6.07) is 13.2. The van der Waals surface area contributed by atoms with E-state index in [1.807, 2.05) is 24.3 Å². The van der Waals surface area contributed by atoms with Gasteiger partial charge in [0.25, 0.3) is 5.91 Å². The molecule has 1 aliphatic heterocycles. The number of rotatable bonds is 7. The lowest BCUT2D eigenvalue weighted by Crippen LogP contribution is -2.50. The first-order chi connectivity index (χ1) is 18.8. The lowest BCUT2D eigenvalue weighted by molar-refractivity contribution is 0.0933. The van der Waals surface area contributed by atoms with Gasteiger partial charge in [-0.3, -0.25) is 10.1 Å². The predicted molar refractivity (Wildman–Crippen MR) is 146 cm³/mol. The van der Waals surface area contributed by atoms with Gasteiger partial charge in [-0.15, -0.1) is 11.3 Å². The molecule has 2 aromatic heterocycles. The molecule has 0 saturated carbocycles. The number of ether oxygens (including phenoxy) is 2. The topological polar surface area (TPSA) is 131 Å². The third kappa shape index (κ3) is 5.46. The number of aromatic nitrogens is 1. The van der Waals surface area contributed by atoms with Gasteiger partial charge in [0, 0.05) is 42.5 Å². The van der Waals surface area contributed by atoms with Crippen molar-refractivity contribution in [3.8, 4) is 17.2 Å². The molecule has 0 aliphatic carbocycles. The maximum atomic E-state index is 13.1. The van der Waals surface area contributed by atoms with Crippen molar-refractivity contribution < 1.29 is 31.9 Å². The lowest BCUT2D eigenvalue weighted by atomic mass is 10.2. The second-order valence-corrected chi connectivity index (χ2v) is 11.4. The van der Waals surface area contributed by atoms with Crippen LogP contribution in [-0.2, 0) is 14.8 Å². The summed E-state index contributed by atoms with van der Waals surface area (Å²) in [6.45, 7) is 2.79. The predicted octanol–water partition coefficient (Wildman–Crippen LogP) is 4.28. The molecule has 5 rings (SSSR count). The van der Waals surface area contributed by atoms with Crippen molar-refractivity contribution in [2.24, 2.45) is 0 Å². The minimum atomic E-state index is -3.78. The molecule has 4 aromatic rings. The summed E-state index contributed by atoms with van der Waals surface area (Å²) >= 11 is 1.24. The fourth-order valence-corrected chi connectivity index (χ4v) is 6.31. The van der Waals surface area contributed by atoms with Crippen molar-refractivity contribution in [3.63, 3.8) is 0 Å². The molecular weight excluding hydrogens is 544 g/mol. The number of hydrogen-bond donors (Lipinski definition) is 1. The Kier molecular flexibility index (Phi) is 7.55. The van der Waals surface area contributed by atoms with E-state index in [0.29, 0.717) is 27.9 Å². The molecule has 0 unspecified atom stereocenters. The molecule has 0 atom stereocenters. The van der Waals surface area contributed by atoms with Gasteiger partial charge < -0.3 is 18.8 Å². The van der Waals surface area contributed by atoms with Gasteiger partial charge in [0.2, 0.25) is 10.0 Å². The summed E-state index contributed by atoms with van der Waals surface area (Å²) in [5, 5.41) is 5.77. The Bertz CT molecular complexity index is 1600. The molecule has 13 heteroatoms. The number of anilines is 1. The minimum Gasteiger partial charge on any atom is -0.493 e. The highest BCUT2D eigenvalue weighted by atomic mass is 32.2. The van der Waals surface area contributed by atoms with Crippen LogP contribution in [0.2, 0.25) is 0 Å². The summed E-state index contributed by atoms with van der Waals surface area (Å²) in [4.78, 5) is 30.7. The van der Waals surface area contributed by atoms with Gasteiger partial charge in [-0.2, -0.15) is 4.31 Å². The van der Waals surface area contributed by atoms with Gasteiger partial charge in [0.1, 0.15) is 5.69 Å². The highest BCUT2D eigenvalue weighted by Crippen LogP contribution is 2.34. The molecule has 1 fully saturated rings. The van der Waals surface area contributed by atoms with Crippen molar-refractivity contribution >= 4 is 49.5 Å². The van der Waals surface area contributed by atoms with Crippen molar-refractivity contribution in [1.82, 2.24) is 14.2 Å². The zero-order chi connectivity index (χ0) is 27.6. The summed E-state index contributed by atoms with van der Waals surface area (Å²) in [7, 11) is -2.20. The van der Waals surface area contributed by atoms with Crippen molar-refractivity contribution in [3.05, 3.63) is 59.5 Å². The second-order valence-electron chi connectivity index (χ2n) is 8.60. The quantitative estimate of drug-likeness (QED) is 0.348. The average molecular weight is 571 g/mol. The first kappa shape index (κ1) is 26.7. The Labute approximate surface area is 229 Å². The largest absolute Gasteiger partial charge is 0.493 e. The van der Waals surface area contributed by atoms with Crippen LogP contribution in [0, 0.1) is 0 Å². The Morgan fingerprint density at radius 1 is 1.10 bits per heavy atom. The van der Waals surface area contributed by atoms with E-state index in [4.69, 9.17) is 13.9 Å². The zero-order valence-corrected chi connectivity index (χ0v) is 22.9. The Morgan fingerprint density at radius 3 is 2.54 bits per heavy atom. The van der Waals surface area contributed by atoms with Crippen LogP contribution < -0.4 is 10.1 Å². The van der Waals surface area contributed by atoms with Gasteiger partial charge >= 0.3 is 6.09 Å². The van der Waals surface area contributed by atoms with E-state index in [0.717, 1.165) is 5.39 Å². The lowest BCUT2D eigenvalue weighted by Gasteiger charge is -2.33. The SMILES string of the molecule is CCOC(=O)N1CCN(S(=O)(=O)c2ccc(C(=O)Nc3nc(-c4cc5cccc(OC)c5o4)cs3)cc2)CC1. The molecule has 1 N–H and O–H groups in total. The maximum absolute atomic E-state index is 13.1. The van der Waals surface area contributed by atoms with E-state index < -0.39 is 22.0 Å². The fourth-order valence-electron chi connectivity index (χ4n) is 4.19. The highest BCUT2D eigenvalue weighted by molar-refractivity contribution is 7.89. The van der Waals surface area contributed by atoms with E-state index in [1.54, 1.807) is 19.4 Å². The normalized spacial score (nSPS) is 14.4. The summed E-state index contributed by atoms with van der Waals surface area (Å²) in [5.41, 5.74) is 1.47. The van der Waals surface area contributed by atoms with Crippen molar-refractivity contribution in [2.75, 3.05) is 45.2 Å². The fraction of sp³-hybridized carbons (Fsp3) is 0.269. The number of fused-ring (bicyclic) bond motifs is 1. The van der Waals surface area contributed by atoms with Crippen LogP contribution in [-0.4, -0.2) is 74.5 Å². The van der Waals surface area contributed by atoms with Crippen molar-refractivity contribution in [1.29, 1.82) is 0 Å². The zero-order valence-electron chi connectivity index (χ0n) is 21.2. The molecule has 3 heterocycles. The number of benzene rings is 2. The molecule has 0 radical (unpaired) electrons. The van der Waals surface area contributed by atoms with E-state index in [1.165, 1.54) is 44.8 Å². The number of nitrogens with one attached hydrogen (secondary N) is 1. The number of furan rings is 1.